The summed E-state index contributed by atoms with van der Waals surface area (Å²) in [4.78, 5) is 67.1. The summed E-state index contributed by atoms with van der Waals surface area (Å²) >= 11 is 3.89. The molecule has 14 nitrogen and oxygen atoms in total. The number of carbonyl (C=O) groups excluding carboxylic acids is 3. The minimum atomic E-state index is -1.53. The predicted molar refractivity (Wildman–Crippen MR) is 123 cm³/mol. The fourth-order valence-electron chi connectivity index (χ4n) is 2.87. The van der Waals surface area contributed by atoms with Crippen LogP contribution in [0, 0.1) is 0 Å². The Bertz CT molecular complexity index is 837. The summed E-state index contributed by atoms with van der Waals surface area (Å²) in [6.07, 6.45) is 3.04. The van der Waals surface area contributed by atoms with E-state index in [-0.39, 0.29) is 18.6 Å². The highest BCUT2D eigenvalue weighted by molar-refractivity contribution is 7.80. The van der Waals surface area contributed by atoms with Crippen LogP contribution in [0.5, 0.6) is 0 Å². The summed E-state index contributed by atoms with van der Waals surface area (Å²) in [7, 11) is 0. The Morgan fingerprint density at radius 1 is 1.00 bits per heavy atom. The van der Waals surface area contributed by atoms with Crippen LogP contribution in [0.4, 0.5) is 0 Å². The van der Waals surface area contributed by atoms with Crippen LogP contribution in [0.15, 0.2) is 12.5 Å². The van der Waals surface area contributed by atoms with Crippen LogP contribution in [-0.2, 0) is 30.4 Å². The molecule has 0 aromatic carbocycles. The molecule has 0 spiro atoms. The number of nitrogens with zero attached hydrogens (tertiary/aromatic N) is 1. The van der Waals surface area contributed by atoms with Crippen LogP contribution in [0.3, 0.4) is 0 Å². The number of nitrogens with one attached hydrogen (secondary N) is 4. The third-order valence-corrected chi connectivity index (χ3v) is 5.11. The van der Waals surface area contributed by atoms with E-state index in [4.69, 9.17) is 16.6 Å². The van der Waals surface area contributed by atoms with Crippen molar-refractivity contribution in [1.82, 2.24) is 25.9 Å². The van der Waals surface area contributed by atoms with Gasteiger partial charge in [0.2, 0.25) is 17.7 Å². The van der Waals surface area contributed by atoms with Gasteiger partial charge in [-0.05, 0) is 25.8 Å². The molecule has 34 heavy (non-hydrogen) atoms. The van der Waals surface area contributed by atoms with E-state index in [0.717, 1.165) is 0 Å². The number of thiol groups is 1. The number of carboxylic acids is 2. The van der Waals surface area contributed by atoms with Gasteiger partial charge in [-0.25, -0.2) is 9.78 Å². The Morgan fingerprint density at radius 3 is 2.15 bits per heavy atom. The number of rotatable bonds is 16. The van der Waals surface area contributed by atoms with Crippen molar-refractivity contribution in [2.24, 2.45) is 11.5 Å². The second-order valence-electron chi connectivity index (χ2n) is 7.47. The molecule has 1 aromatic rings. The van der Waals surface area contributed by atoms with Crippen molar-refractivity contribution >= 4 is 42.3 Å². The molecule has 0 bridgehead atoms. The molecule has 1 rings (SSSR count). The first kappa shape index (κ1) is 28.9. The van der Waals surface area contributed by atoms with Crippen molar-refractivity contribution in [2.75, 3.05) is 12.3 Å². The van der Waals surface area contributed by atoms with E-state index < -0.39 is 60.2 Å². The summed E-state index contributed by atoms with van der Waals surface area (Å²) in [6, 6.07) is -5.13. The van der Waals surface area contributed by atoms with Gasteiger partial charge in [0.15, 0.2) is 0 Å². The fourth-order valence-corrected chi connectivity index (χ4v) is 3.03. The smallest absolute Gasteiger partial charge is 0.326 e. The lowest BCUT2D eigenvalue weighted by atomic mass is 10.1. The molecular weight excluding hydrogens is 470 g/mol. The quantitative estimate of drug-likeness (QED) is 0.0841. The van der Waals surface area contributed by atoms with Gasteiger partial charge in [0.25, 0.3) is 0 Å². The first-order valence-electron chi connectivity index (χ1n) is 10.5. The van der Waals surface area contributed by atoms with Crippen molar-refractivity contribution in [2.45, 2.75) is 56.3 Å². The highest BCUT2D eigenvalue weighted by atomic mass is 32.1. The van der Waals surface area contributed by atoms with Crippen LogP contribution in [0.2, 0.25) is 0 Å². The largest absolute Gasteiger partial charge is 0.481 e. The molecule has 0 radical (unpaired) electrons. The maximum atomic E-state index is 12.9. The zero-order chi connectivity index (χ0) is 25.7. The van der Waals surface area contributed by atoms with E-state index in [1.807, 2.05) is 0 Å². The van der Waals surface area contributed by atoms with Gasteiger partial charge in [-0.1, -0.05) is 0 Å². The molecule has 0 fully saturated rings. The Morgan fingerprint density at radius 2 is 1.62 bits per heavy atom. The molecule has 190 valence electrons. The van der Waals surface area contributed by atoms with E-state index in [1.54, 1.807) is 0 Å². The number of aromatic amines is 1. The topological polar surface area (TPSA) is 243 Å². The molecular formula is C19H31N7O7S. The second-order valence-corrected chi connectivity index (χ2v) is 7.84. The highest BCUT2D eigenvalue weighted by Gasteiger charge is 2.31. The summed E-state index contributed by atoms with van der Waals surface area (Å²) in [5.41, 5.74) is 11.4. The molecule has 3 amide bonds. The monoisotopic (exact) mass is 501 g/mol. The number of amides is 3. The van der Waals surface area contributed by atoms with E-state index >= 15 is 0 Å². The summed E-state index contributed by atoms with van der Waals surface area (Å²) in [5, 5.41) is 25.5. The van der Waals surface area contributed by atoms with E-state index in [2.05, 4.69) is 38.5 Å². The van der Waals surface area contributed by atoms with E-state index in [9.17, 15) is 29.1 Å². The number of carboxylic acid groups (broad SMARTS) is 2. The zero-order valence-corrected chi connectivity index (χ0v) is 19.3. The predicted octanol–water partition coefficient (Wildman–Crippen LogP) is -2.65. The minimum absolute atomic E-state index is 0.0428. The molecule has 0 aliphatic carbocycles. The molecule has 0 aliphatic rings. The van der Waals surface area contributed by atoms with Gasteiger partial charge >= 0.3 is 11.9 Å². The average molecular weight is 502 g/mol. The van der Waals surface area contributed by atoms with Gasteiger partial charge in [0.05, 0.1) is 18.8 Å². The van der Waals surface area contributed by atoms with Crippen molar-refractivity contribution in [3.63, 3.8) is 0 Å². The Kier molecular flexibility index (Phi) is 12.6. The van der Waals surface area contributed by atoms with Crippen molar-refractivity contribution in [3.8, 4) is 0 Å². The molecule has 0 saturated carbocycles. The highest BCUT2D eigenvalue weighted by Crippen LogP contribution is 2.05. The lowest BCUT2D eigenvalue weighted by Crippen LogP contribution is -2.58. The van der Waals surface area contributed by atoms with Crippen LogP contribution >= 0.6 is 12.6 Å². The van der Waals surface area contributed by atoms with Crippen molar-refractivity contribution in [3.05, 3.63) is 18.2 Å². The standard InChI is InChI=1S/C19H31N7O7S/c20-4-2-1-3-12(19(32)33)24-17(30)13(5-10-7-22-9-23-10)26-18(31)14(6-15(27)28)25-16(29)11(21)8-34/h7,9,11-14,34H,1-6,8,20-21H2,(H,22,23)(H,24,30)(H,25,29)(H,26,31)(H,27,28)(H,32,33). The van der Waals surface area contributed by atoms with Crippen molar-refractivity contribution < 1.29 is 34.2 Å². The molecule has 4 unspecified atom stereocenters. The molecule has 0 saturated heterocycles. The zero-order valence-electron chi connectivity index (χ0n) is 18.4. The van der Waals surface area contributed by atoms with Crippen LogP contribution in [-0.4, -0.2) is 86.3 Å². The number of nitrogens with two attached hydrogens (primary N) is 2. The number of aromatic nitrogens is 2. The lowest BCUT2D eigenvalue weighted by Gasteiger charge is -2.24. The molecule has 1 heterocycles. The third kappa shape index (κ3) is 10.2. The van der Waals surface area contributed by atoms with Gasteiger partial charge in [-0.3, -0.25) is 19.2 Å². The number of hydrogen-bond acceptors (Lipinski definition) is 9. The molecule has 0 aliphatic heterocycles. The number of unbranched alkanes of at least 4 members (excludes halogenated alkanes) is 1. The normalized spacial score (nSPS) is 14.3. The Balaban J connectivity index is 3.03. The van der Waals surface area contributed by atoms with Crippen molar-refractivity contribution in [1.29, 1.82) is 0 Å². The molecule has 15 heteroatoms. The number of imidazole rings is 1. The first-order chi connectivity index (χ1) is 16.1. The maximum Gasteiger partial charge on any atom is 0.326 e. The molecule has 1 aromatic heterocycles. The second kappa shape index (κ2) is 14.9. The minimum Gasteiger partial charge on any atom is -0.481 e. The summed E-state index contributed by atoms with van der Waals surface area (Å²) in [5.74, 6) is -5.24. The Hall–Kier alpha value is -3.17. The first-order valence-corrected chi connectivity index (χ1v) is 11.1. The number of carbonyl (C=O) groups is 5. The van der Waals surface area contributed by atoms with Crippen LogP contribution in [0.25, 0.3) is 0 Å². The van der Waals surface area contributed by atoms with E-state index in [1.165, 1.54) is 12.5 Å². The SMILES string of the molecule is NCCCCC(NC(=O)C(Cc1cnc[nH]1)NC(=O)C(CC(=O)O)NC(=O)C(N)CS)C(=O)O. The number of H-pyrrole nitrogens is 1. The Labute approximate surface area is 201 Å². The summed E-state index contributed by atoms with van der Waals surface area (Å²) < 4.78 is 0. The molecule has 4 atom stereocenters. The van der Waals surface area contributed by atoms with Gasteiger partial charge in [-0.2, -0.15) is 12.6 Å². The van der Waals surface area contributed by atoms with Gasteiger partial charge in [0, 0.05) is 24.1 Å². The number of aliphatic carboxylic acids is 2. The number of hydrogen-bond donors (Lipinski definition) is 9. The van der Waals surface area contributed by atoms with Gasteiger partial charge in [-0.15, -0.1) is 0 Å². The summed E-state index contributed by atoms with van der Waals surface area (Å²) in [6.45, 7) is 0.367. The van der Waals surface area contributed by atoms with Crippen LogP contribution < -0.4 is 27.4 Å². The van der Waals surface area contributed by atoms with Crippen LogP contribution in [0.1, 0.15) is 31.4 Å². The fraction of sp³-hybridized carbons (Fsp3) is 0.579. The van der Waals surface area contributed by atoms with E-state index in [0.29, 0.717) is 25.1 Å². The maximum absolute atomic E-state index is 12.9. The van der Waals surface area contributed by atoms with Gasteiger partial charge in [0.1, 0.15) is 18.1 Å². The average Bonchev–Trinajstić information content (AvgIpc) is 3.29. The van der Waals surface area contributed by atoms with Gasteiger partial charge < -0.3 is 42.6 Å². The third-order valence-electron chi connectivity index (χ3n) is 4.72. The molecule has 10 N–H and O–H groups in total. The lowest BCUT2D eigenvalue weighted by molar-refractivity contribution is -0.143.